The molecule has 0 unspecified atom stereocenters. The van der Waals surface area contributed by atoms with Crippen molar-refractivity contribution in [3.05, 3.63) is 29.8 Å². The van der Waals surface area contributed by atoms with Crippen LogP contribution in [0.4, 0.5) is 0 Å². The summed E-state index contributed by atoms with van der Waals surface area (Å²) in [5, 5.41) is 0. The Morgan fingerprint density at radius 2 is 1.93 bits per heavy atom. The molecule has 3 nitrogen and oxygen atoms in total. The van der Waals surface area contributed by atoms with Gasteiger partial charge >= 0.3 is 0 Å². The topological polar surface area (TPSA) is 44.5 Å². The van der Waals surface area contributed by atoms with Gasteiger partial charge in [-0.05, 0) is 6.07 Å². The Morgan fingerprint density at radius 1 is 1.29 bits per heavy atom. The molecule has 0 saturated heterocycles. The molecule has 0 aliphatic carbocycles. The van der Waals surface area contributed by atoms with Crippen LogP contribution in [-0.4, -0.2) is 13.7 Å². The number of methoxy groups -OCH3 is 1. The first-order valence-electron chi connectivity index (χ1n) is 4.57. The second-order valence-corrected chi connectivity index (χ2v) is 3.90. The molecule has 0 atom stereocenters. The van der Waals surface area contributed by atoms with E-state index in [9.17, 15) is 0 Å². The molecule has 14 heavy (non-hydrogen) atoms. The maximum Gasteiger partial charge on any atom is 0.122 e. The van der Waals surface area contributed by atoms with Gasteiger partial charge in [-0.2, -0.15) is 0 Å². The highest BCUT2D eigenvalue weighted by atomic mass is 16.6. The van der Waals surface area contributed by atoms with Crippen molar-refractivity contribution in [1.29, 1.82) is 0 Å². The van der Waals surface area contributed by atoms with E-state index in [1.54, 1.807) is 7.11 Å². The molecular weight excluding hydrogens is 178 g/mol. The van der Waals surface area contributed by atoms with E-state index in [-0.39, 0.29) is 5.41 Å². The minimum atomic E-state index is -0.138. The zero-order valence-corrected chi connectivity index (χ0v) is 8.91. The summed E-state index contributed by atoms with van der Waals surface area (Å²) in [4.78, 5) is 4.70. The number of rotatable bonds is 4. The van der Waals surface area contributed by atoms with E-state index < -0.39 is 0 Å². The quantitative estimate of drug-likeness (QED) is 0.746. The number of hydrogen-bond donors (Lipinski definition) is 1. The molecule has 0 radical (unpaired) electrons. The van der Waals surface area contributed by atoms with Gasteiger partial charge in [0.15, 0.2) is 0 Å². The molecule has 0 amide bonds. The van der Waals surface area contributed by atoms with Gasteiger partial charge in [-0.15, -0.1) is 0 Å². The fourth-order valence-electron chi connectivity index (χ4n) is 1.49. The number of para-hydroxylation sites is 1. The summed E-state index contributed by atoms with van der Waals surface area (Å²) in [6, 6.07) is 7.89. The van der Waals surface area contributed by atoms with Gasteiger partial charge in [0, 0.05) is 11.0 Å². The second-order valence-electron chi connectivity index (χ2n) is 3.90. The van der Waals surface area contributed by atoms with Gasteiger partial charge in [0.2, 0.25) is 0 Å². The Morgan fingerprint density at radius 3 is 2.50 bits per heavy atom. The first-order valence-corrected chi connectivity index (χ1v) is 4.57. The van der Waals surface area contributed by atoms with E-state index in [2.05, 4.69) is 13.8 Å². The third-order valence-corrected chi connectivity index (χ3v) is 2.28. The lowest BCUT2D eigenvalue weighted by Gasteiger charge is -2.25. The maximum atomic E-state index is 5.28. The molecule has 0 aliphatic heterocycles. The van der Waals surface area contributed by atoms with Crippen molar-refractivity contribution in [2.75, 3.05) is 13.7 Å². The summed E-state index contributed by atoms with van der Waals surface area (Å²) >= 11 is 0. The Balaban J connectivity index is 3.04. The zero-order valence-electron chi connectivity index (χ0n) is 8.91. The Kier molecular flexibility index (Phi) is 3.49. The van der Waals surface area contributed by atoms with E-state index in [1.165, 1.54) is 0 Å². The minimum Gasteiger partial charge on any atom is -0.496 e. The van der Waals surface area contributed by atoms with Crippen LogP contribution in [0.3, 0.4) is 0 Å². The lowest BCUT2D eigenvalue weighted by Crippen LogP contribution is -2.26. The van der Waals surface area contributed by atoms with Crippen molar-refractivity contribution in [3.8, 4) is 5.75 Å². The first kappa shape index (κ1) is 11.0. The van der Waals surface area contributed by atoms with Gasteiger partial charge in [0.05, 0.1) is 13.7 Å². The molecule has 0 fully saturated rings. The van der Waals surface area contributed by atoms with Crippen LogP contribution in [-0.2, 0) is 10.3 Å². The molecule has 1 aromatic carbocycles. The largest absolute Gasteiger partial charge is 0.496 e. The fraction of sp³-hybridized carbons (Fsp3) is 0.455. The standard InChI is InChI=1S/C11H17NO2/c1-11(2,8-14-12)9-6-4-5-7-10(9)13-3/h4-7H,8,12H2,1-3H3. The molecule has 0 spiro atoms. The molecule has 0 aromatic heterocycles. The van der Waals surface area contributed by atoms with Crippen LogP contribution in [0.5, 0.6) is 5.75 Å². The van der Waals surface area contributed by atoms with E-state index in [4.69, 9.17) is 15.5 Å². The van der Waals surface area contributed by atoms with Crippen molar-refractivity contribution in [2.24, 2.45) is 5.90 Å². The first-order chi connectivity index (χ1) is 6.61. The third kappa shape index (κ3) is 2.25. The summed E-state index contributed by atoms with van der Waals surface area (Å²) in [5.74, 6) is 5.97. The highest BCUT2D eigenvalue weighted by Crippen LogP contribution is 2.31. The monoisotopic (exact) mass is 195 g/mol. The predicted molar refractivity (Wildman–Crippen MR) is 56.2 cm³/mol. The van der Waals surface area contributed by atoms with E-state index in [0.29, 0.717) is 6.61 Å². The molecular formula is C11H17NO2. The Bertz CT molecular complexity index is 297. The number of hydrogen-bond acceptors (Lipinski definition) is 3. The lowest BCUT2D eigenvalue weighted by atomic mass is 9.85. The average molecular weight is 195 g/mol. The van der Waals surface area contributed by atoms with Gasteiger partial charge in [0.1, 0.15) is 5.75 Å². The summed E-state index contributed by atoms with van der Waals surface area (Å²) < 4.78 is 5.28. The van der Waals surface area contributed by atoms with E-state index in [0.717, 1.165) is 11.3 Å². The van der Waals surface area contributed by atoms with Gasteiger partial charge in [-0.1, -0.05) is 32.0 Å². The van der Waals surface area contributed by atoms with Gasteiger partial charge in [-0.25, -0.2) is 5.90 Å². The molecule has 78 valence electrons. The molecule has 2 N–H and O–H groups in total. The summed E-state index contributed by atoms with van der Waals surface area (Å²) in [7, 11) is 1.66. The van der Waals surface area contributed by atoms with Gasteiger partial charge in [0.25, 0.3) is 0 Å². The predicted octanol–water partition coefficient (Wildman–Crippen LogP) is 1.86. The lowest BCUT2D eigenvalue weighted by molar-refractivity contribution is 0.0954. The Labute approximate surface area is 84.8 Å². The number of nitrogens with two attached hydrogens (primary N) is 1. The molecule has 0 heterocycles. The Hall–Kier alpha value is -1.06. The summed E-state index contributed by atoms with van der Waals surface area (Å²) in [6.07, 6.45) is 0. The fourth-order valence-corrected chi connectivity index (χ4v) is 1.49. The number of benzene rings is 1. The average Bonchev–Trinajstić information content (AvgIpc) is 2.18. The molecule has 3 heteroatoms. The number of ether oxygens (including phenoxy) is 1. The molecule has 1 aromatic rings. The third-order valence-electron chi connectivity index (χ3n) is 2.28. The van der Waals surface area contributed by atoms with Crippen molar-refractivity contribution in [2.45, 2.75) is 19.3 Å². The molecule has 0 bridgehead atoms. The van der Waals surface area contributed by atoms with Crippen LogP contribution in [0, 0.1) is 0 Å². The van der Waals surface area contributed by atoms with Crippen LogP contribution in [0.2, 0.25) is 0 Å². The highest BCUT2D eigenvalue weighted by molar-refractivity contribution is 5.38. The van der Waals surface area contributed by atoms with Gasteiger partial charge in [-0.3, -0.25) is 0 Å². The van der Waals surface area contributed by atoms with Crippen molar-refractivity contribution in [1.82, 2.24) is 0 Å². The van der Waals surface area contributed by atoms with Crippen LogP contribution >= 0.6 is 0 Å². The van der Waals surface area contributed by atoms with Crippen LogP contribution in [0.1, 0.15) is 19.4 Å². The van der Waals surface area contributed by atoms with Crippen LogP contribution in [0.15, 0.2) is 24.3 Å². The van der Waals surface area contributed by atoms with Crippen LogP contribution < -0.4 is 10.6 Å². The summed E-state index contributed by atoms with van der Waals surface area (Å²) in [5.41, 5.74) is 0.967. The molecule has 1 rings (SSSR count). The molecule has 0 saturated carbocycles. The molecule has 0 aliphatic rings. The van der Waals surface area contributed by atoms with E-state index >= 15 is 0 Å². The van der Waals surface area contributed by atoms with Gasteiger partial charge < -0.3 is 9.57 Å². The van der Waals surface area contributed by atoms with Crippen molar-refractivity contribution >= 4 is 0 Å². The van der Waals surface area contributed by atoms with Crippen molar-refractivity contribution < 1.29 is 9.57 Å². The van der Waals surface area contributed by atoms with E-state index in [1.807, 2.05) is 24.3 Å². The normalized spacial score (nSPS) is 11.4. The highest BCUT2D eigenvalue weighted by Gasteiger charge is 2.24. The van der Waals surface area contributed by atoms with Crippen molar-refractivity contribution in [3.63, 3.8) is 0 Å². The summed E-state index contributed by atoms with van der Waals surface area (Å²) in [6.45, 7) is 4.60. The smallest absolute Gasteiger partial charge is 0.122 e. The minimum absolute atomic E-state index is 0.138. The zero-order chi connectivity index (χ0) is 10.6. The SMILES string of the molecule is COc1ccccc1C(C)(C)CON. The van der Waals surface area contributed by atoms with Crippen LogP contribution in [0.25, 0.3) is 0 Å². The maximum absolute atomic E-state index is 5.28. The second kappa shape index (κ2) is 4.44.